The normalized spacial score (nSPS) is 11.5. The topological polar surface area (TPSA) is 74.3 Å². The van der Waals surface area contributed by atoms with E-state index in [4.69, 9.17) is 0 Å². The summed E-state index contributed by atoms with van der Waals surface area (Å²) in [6.07, 6.45) is 1.51. The number of aromatic nitrogens is 1. The number of nitrogens with one attached hydrogen (secondary N) is 2. The fourth-order valence-corrected chi connectivity index (χ4v) is 3.33. The molecule has 0 spiro atoms. The third kappa shape index (κ3) is 4.94. The molecule has 0 atom stereocenters. The van der Waals surface area contributed by atoms with Crippen molar-refractivity contribution in [2.24, 2.45) is 0 Å². The average Bonchev–Trinajstić information content (AvgIpc) is 2.48. The van der Waals surface area contributed by atoms with Gasteiger partial charge in [-0.3, -0.25) is 4.72 Å². The van der Waals surface area contributed by atoms with E-state index in [9.17, 15) is 8.42 Å². The van der Waals surface area contributed by atoms with E-state index in [0.717, 1.165) is 13.1 Å². The van der Waals surface area contributed by atoms with Crippen LogP contribution in [0.3, 0.4) is 0 Å². The van der Waals surface area contributed by atoms with Crippen LogP contribution in [0.4, 0.5) is 11.5 Å². The maximum atomic E-state index is 12.4. The number of hydrogen-bond acceptors (Lipinski definition) is 5. The maximum absolute atomic E-state index is 12.4. The number of aryl methyl sites for hydroxylation is 1. The summed E-state index contributed by atoms with van der Waals surface area (Å²) in [7, 11) is 0.395. The van der Waals surface area contributed by atoms with Crippen LogP contribution in [0.15, 0.2) is 47.5 Å². The smallest absolute Gasteiger partial charge is 0.262 e. The van der Waals surface area contributed by atoms with Gasteiger partial charge in [0.2, 0.25) is 0 Å². The van der Waals surface area contributed by atoms with E-state index in [0.29, 0.717) is 17.1 Å². The van der Waals surface area contributed by atoms with Crippen molar-refractivity contribution in [3.8, 4) is 0 Å². The molecule has 0 saturated heterocycles. The molecule has 1 aromatic carbocycles. The van der Waals surface area contributed by atoms with Gasteiger partial charge in [-0.1, -0.05) is 18.2 Å². The molecule has 124 valence electrons. The zero-order valence-corrected chi connectivity index (χ0v) is 14.4. The molecular weight excluding hydrogens is 312 g/mol. The van der Waals surface area contributed by atoms with Crippen molar-refractivity contribution >= 4 is 21.5 Å². The van der Waals surface area contributed by atoms with Crippen LogP contribution in [0.25, 0.3) is 0 Å². The Bertz CT molecular complexity index is 743. The van der Waals surface area contributed by atoms with E-state index in [1.54, 1.807) is 37.3 Å². The van der Waals surface area contributed by atoms with Gasteiger partial charge in [-0.15, -0.1) is 0 Å². The fraction of sp³-hybridized carbons (Fsp3) is 0.312. The molecule has 2 aromatic rings. The fourth-order valence-electron chi connectivity index (χ4n) is 2.03. The van der Waals surface area contributed by atoms with Crippen molar-refractivity contribution in [3.05, 3.63) is 48.2 Å². The Labute approximate surface area is 137 Å². The van der Waals surface area contributed by atoms with Crippen LogP contribution >= 0.6 is 0 Å². The van der Waals surface area contributed by atoms with Gasteiger partial charge in [-0.2, -0.15) is 0 Å². The number of likely N-dealkylation sites (N-methyl/N-ethyl adjacent to an activating group) is 1. The van der Waals surface area contributed by atoms with E-state index in [-0.39, 0.29) is 4.90 Å². The van der Waals surface area contributed by atoms with E-state index >= 15 is 0 Å². The molecule has 1 aromatic heterocycles. The number of sulfonamides is 1. The van der Waals surface area contributed by atoms with E-state index in [1.807, 2.05) is 20.2 Å². The third-order valence-corrected chi connectivity index (χ3v) is 4.81. The molecule has 0 fully saturated rings. The lowest BCUT2D eigenvalue weighted by Gasteiger charge is -2.12. The molecule has 0 radical (unpaired) electrons. The van der Waals surface area contributed by atoms with Crippen LogP contribution in [0.2, 0.25) is 0 Å². The number of hydrogen-bond donors (Lipinski definition) is 2. The summed E-state index contributed by atoms with van der Waals surface area (Å²) >= 11 is 0. The number of benzene rings is 1. The first kappa shape index (κ1) is 17.2. The van der Waals surface area contributed by atoms with Crippen molar-refractivity contribution in [2.45, 2.75) is 11.8 Å². The van der Waals surface area contributed by atoms with Gasteiger partial charge in [0.1, 0.15) is 5.82 Å². The summed E-state index contributed by atoms with van der Waals surface area (Å²) in [5.41, 5.74) is 1.14. The SMILES string of the molecule is Cc1ccccc1S(=O)(=O)Nc1ccc(NCCN(C)C)nc1. The van der Waals surface area contributed by atoms with Crippen LogP contribution < -0.4 is 10.0 Å². The molecule has 6 nitrogen and oxygen atoms in total. The van der Waals surface area contributed by atoms with Crippen molar-refractivity contribution in [1.82, 2.24) is 9.88 Å². The molecule has 0 amide bonds. The first-order valence-electron chi connectivity index (χ1n) is 7.31. The lowest BCUT2D eigenvalue weighted by Crippen LogP contribution is -2.21. The minimum atomic E-state index is -3.60. The molecule has 1 heterocycles. The van der Waals surface area contributed by atoms with Crippen molar-refractivity contribution in [1.29, 1.82) is 0 Å². The van der Waals surface area contributed by atoms with Crippen LogP contribution in [0.5, 0.6) is 0 Å². The third-order valence-electron chi connectivity index (χ3n) is 3.26. The van der Waals surface area contributed by atoms with Crippen LogP contribution in [0, 0.1) is 6.92 Å². The quantitative estimate of drug-likeness (QED) is 0.812. The molecule has 0 aliphatic heterocycles. The number of nitrogens with zero attached hydrogens (tertiary/aromatic N) is 2. The first-order valence-corrected chi connectivity index (χ1v) is 8.80. The summed E-state index contributed by atoms with van der Waals surface area (Å²) in [5, 5.41) is 3.18. The predicted molar refractivity (Wildman–Crippen MR) is 93.3 cm³/mol. The minimum absolute atomic E-state index is 0.271. The average molecular weight is 334 g/mol. The van der Waals surface area contributed by atoms with Crippen molar-refractivity contribution in [3.63, 3.8) is 0 Å². The van der Waals surface area contributed by atoms with Crippen LogP contribution in [-0.2, 0) is 10.0 Å². The highest BCUT2D eigenvalue weighted by molar-refractivity contribution is 7.92. The van der Waals surface area contributed by atoms with Gasteiger partial charge in [0, 0.05) is 13.1 Å². The second-order valence-electron chi connectivity index (χ2n) is 5.53. The molecule has 0 unspecified atom stereocenters. The molecule has 0 bridgehead atoms. The van der Waals surface area contributed by atoms with Crippen LogP contribution in [0.1, 0.15) is 5.56 Å². The minimum Gasteiger partial charge on any atom is -0.369 e. The Balaban J connectivity index is 2.04. The van der Waals surface area contributed by atoms with Gasteiger partial charge in [-0.05, 0) is 44.8 Å². The number of rotatable bonds is 7. The zero-order valence-electron chi connectivity index (χ0n) is 13.6. The Morgan fingerprint density at radius 3 is 2.48 bits per heavy atom. The predicted octanol–water partition coefficient (Wildman–Crippen LogP) is 2.16. The van der Waals surface area contributed by atoms with Gasteiger partial charge in [-0.25, -0.2) is 13.4 Å². The standard InChI is InChI=1S/C16H22N4O2S/c1-13-6-4-5-7-15(13)23(21,22)19-14-8-9-16(18-12-14)17-10-11-20(2)3/h4-9,12,19H,10-11H2,1-3H3,(H,17,18). The summed E-state index contributed by atoms with van der Waals surface area (Å²) < 4.78 is 27.3. The summed E-state index contributed by atoms with van der Waals surface area (Å²) in [6.45, 7) is 3.43. The van der Waals surface area contributed by atoms with Crippen molar-refractivity contribution < 1.29 is 8.42 Å². The Morgan fingerprint density at radius 1 is 1.13 bits per heavy atom. The molecule has 2 rings (SSSR count). The van der Waals surface area contributed by atoms with Gasteiger partial charge in [0.15, 0.2) is 0 Å². The molecule has 7 heteroatoms. The Hall–Kier alpha value is -2.12. The highest BCUT2D eigenvalue weighted by Crippen LogP contribution is 2.19. The van der Waals surface area contributed by atoms with E-state index < -0.39 is 10.0 Å². The second-order valence-corrected chi connectivity index (χ2v) is 7.18. The highest BCUT2D eigenvalue weighted by atomic mass is 32.2. The van der Waals surface area contributed by atoms with Gasteiger partial charge < -0.3 is 10.2 Å². The van der Waals surface area contributed by atoms with E-state index in [1.165, 1.54) is 6.20 Å². The molecule has 23 heavy (non-hydrogen) atoms. The van der Waals surface area contributed by atoms with Gasteiger partial charge >= 0.3 is 0 Å². The second kappa shape index (κ2) is 7.43. The Kier molecular flexibility index (Phi) is 5.57. The Morgan fingerprint density at radius 2 is 1.87 bits per heavy atom. The number of pyridine rings is 1. The molecular formula is C16H22N4O2S. The highest BCUT2D eigenvalue weighted by Gasteiger charge is 2.16. The van der Waals surface area contributed by atoms with Gasteiger partial charge in [0.25, 0.3) is 10.0 Å². The lowest BCUT2D eigenvalue weighted by atomic mass is 10.2. The molecule has 0 aliphatic rings. The summed E-state index contributed by atoms with van der Waals surface area (Å²) in [5.74, 6) is 0.714. The zero-order chi connectivity index (χ0) is 16.9. The monoisotopic (exact) mass is 334 g/mol. The molecule has 0 saturated carbocycles. The van der Waals surface area contributed by atoms with Gasteiger partial charge in [0.05, 0.1) is 16.8 Å². The maximum Gasteiger partial charge on any atom is 0.262 e. The molecule has 2 N–H and O–H groups in total. The lowest BCUT2D eigenvalue weighted by molar-refractivity contribution is 0.425. The van der Waals surface area contributed by atoms with E-state index in [2.05, 4.69) is 19.9 Å². The van der Waals surface area contributed by atoms with Crippen molar-refractivity contribution in [2.75, 3.05) is 37.2 Å². The molecule has 0 aliphatic carbocycles. The number of anilines is 2. The first-order chi connectivity index (χ1) is 10.9. The summed E-state index contributed by atoms with van der Waals surface area (Å²) in [6, 6.07) is 10.3. The summed E-state index contributed by atoms with van der Waals surface area (Å²) in [4.78, 5) is 6.56. The van der Waals surface area contributed by atoms with Crippen LogP contribution in [-0.4, -0.2) is 45.5 Å². The largest absolute Gasteiger partial charge is 0.369 e.